The predicted octanol–water partition coefficient (Wildman–Crippen LogP) is 6.87. The molecular weight excluding hydrogens is 415 g/mol. The molecule has 0 N–H and O–H groups in total. The maximum atomic E-state index is 2.51. The van der Waals surface area contributed by atoms with E-state index in [1.165, 1.54) is 16.7 Å². The van der Waals surface area contributed by atoms with E-state index in [1.54, 1.807) is 0 Å². The van der Waals surface area contributed by atoms with E-state index in [9.17, 15) is 0 Å². The Kier molecular flexibility index (Phi) is 5.63. The SMILES string of the molecule is CC(C)(CCI)C(c1ccccc1)(c1ccccc1)c1ccccc1. The molecule has 0 atom stereocenters. The standard InChI is InChI=1S/C24H25I/c1-23(2,18-19-25)24(20-12-6-3-7-13-20,21-14-8-4-9-15-21)22-16-10-5-11-17-22/h3-17H,18-19H2,1-2H3. The summed E-state index contributed by atoms with van der Waals surface area (Å²) in [4.78, 5) is 0. The van der Waals surface area contributed by atoms with Crippen molar-refractivity contribution in [2.45, 2.75) is 25.7 Å². The van der Waals surface area contributed by atoms with E-state index in [2.05, 4.69) is 127 Å². The van der Waals surface area contributed by atoms with Crippen LogP contribution in [0.15, 0.2) is 91.0 Å². The van der Waals surface area contributed by atoms with Crippen LogP contribution >= 0.6 is 22.6 Å². The van der Waals surface area contributed by atoms with Gasteiger partial charge in [0.2, 0.25) is 0 Å². The zero-order chi connectivity index (χ0) is 17.8. The lowest BCUT2D eigenvalue weighted by Gasteiger charge is -2.48. The molecular formula is C24H25I. The summed E-state index contributed by atoms with van der Waals surface area (Å²) < 4.78 is 1.14. The van der Waals surface area contributed by atoms with E-state index in [1.807, 2.05) is 0 Å². The van der Waals surface area contributed by atoms with E-state index < -0.39 is 0 Å². The van der Waals surface area contributed by atoms with Crippen molar-refractivity contribution in [1.29, 1.82) is 0 Å². The molecule has 0 saturated heterocycles. The molecule has 0 heterocycles. The Morgan fingerprint density at radius 3 is 1.20 bits per heavy atom. The Labute approximate surface area is 165 Å². The smallest absolute Gasteiger partial charge is 0.0502 e. The lowest BCUT2D eigenvalue weighted by molar-refractivity contribution is 0.234. The normalized spacial score (nSPS) is 12.1. The number of hydrogen-bond donors (Lipinski definition) is 0. The van der Waals surface area contributed by atoms with Gasteiger partial charge in [-0.1, -0.05) is 127 Å². The number of rotatable bonds is 6. The van der Waals surface area contributed by atoms with E-state index in [0.717, 1.165) is 10.8 Å². The fraction of sp³-hybridized carbons (Fsp3) is 0.250. The molecule has 0 aliphatic heterocycles. The quantitative estimate of drug-likeness (QED) is 0.223. The fourth-order valence-electron chi connectivity index (χ4n) is 4.16. The predicted molar refractivity (Wildman–Crippen MR) is 116 cm³/mol. The second-order valence-electron chi connectivity index (χ2n) is 7.17. The molecule has 0 saturated carbocycles. The Morgan fingerprint density at radius 2 is 0.920 bits per heavy atom. The summed E-state index contributed by atoms with van der Waals surface area (Å²) in [5, 5.41) is 0. The molecule has 0 amide bonds. The van der Waals surface area contributed by atoms with E-state index in [-0.39, 0.29) is 10.8 Å². The molecule has 0 aliphatic carbocycles. The molecule has 0 aromatic heterocycles. The average molecular weight is 440 g/mol. The third kappa shape index (κ3) is 3.27. The van der Waals surface area contributed by atoms with Crippen molar-refractivity contribution in [1.82, 2.24) is 0 Å². The zero-order valence-electron chi connectivity index (χ0n) is 15.0. The lowest BCUT2D eigenvalue weighted by Crippen LogP contribution is -2.44. The molecule has 1 heteroatoms. The summed E-state index contributed by atoms with van der Waals surface area (Å²) in [7, 11) is 0. The topological polar surface area (TPSA) is 0 Å². The summed E-state index contributed by atoms with van der Waals surface area (Å²) >= 11 is 2.51. The van der Waals surface area contributed by atoms with E-state index >= 15 is 0 Å². The molecule has 0 spiro atoms. The van der Waals surface area contributed by atoms with Crippen molar-refractivity contribution >= 4 is 22.6 Å². The van der Waals surface area contributed by atoms with Gasteiger partial charge in [-0.05, 0) is 28.5 Å². The minimum Gasteiger partial charge on any atom is -0.0864 e. The van der Waals surface area contributed by atoms with Gasteiger partial charge in [0.25, 0.3) is 0 Å². The van der Waals surface area contributed by atoms with E-state index in [4.69, 9.17) is 0 Å². The maximum absolute atomic E-state index is 2.51. The van der Waals surface area contributed by atoms with Crippen molar-refractivity contribution < 1.29 is 0 Å². The van der Waals surface area contributed by atoms with Crippen LogP contribution in [0.25, 0.3) is 0 Å². The van der Waals surface area contributed by atoms with Gasteiger partial charge in [-0.25, -0.2) is 0 Å². The van der Waals surface area contributed by atoms with Gasteiger partial charge in [0.15, 0.2) is 0 Å². The first-order valence-corrected chi connectivity index (χ1v) is 10.4. The summed E-state index contributed by atoms with van der Waals surface area (Å²) in [5.41, 5.74) is 3.98. The van der Waals surface area contributed by atoms with Gasteiger partial charge in [0, 0.05) is 4.43 Å². The van der Waals surface area contributed by atoms with Gasteiger partial charge < -0.3 is 0 Å². The van der Waals surface area contributed by atoms with Gasteiger partial charge in [-0.15, -0.1) is 0 Å². The number of benzene rings is 3. The van der Waals surface area contributed by atoms with Crippen molar-refractivity contribution in [3.05, 3.63) is 108 Å². The molecule has 0 aliphatic rings. The summed E-state index contributed by atoms with van der Waals surface area (Å²) in [5.74, 6) is 0. The first kappa shape index (κ1) is 18.2. The number of halogens is 1. The molecule has 0 bridgehead atoms. The molecule has 128 valence electrons. The highest BCUT2D eigenvalue weighted by Crippen LogP contribution is 2.53. The molecule has 3 aromatic rings. The Morgan fingerprint density at radius 1 is 0.600 bits per heavy atom. The summed E-state index contributed by atoms with van der Waals surface area (Å²) in [6.45, 7) is 4.83. The Hall–Kier alpha value is -1.61. The van der Waals surface area contributed by atoms with Crippen molar-refractivity contribution in [2.75, 3.05) is 4.43 Å². The van der Waals surface area contributed by atoms with Crippen molar-refractivity contribution in [2.24, 2.45) is 5.41 Å². The molecule has 3 rings (SSSR count). The van der Waals surface area contributed by atoms with Gasteiger partial charge in [0.05, 0.1) is 5.41 Å². The average Bonchev–Trinajstić information content (AvgIpc) is 2.65. The summed E-state index contributed by atoms with van der Waals surface area (Å²) in [6.07, 6.45) is 1.15. The van der Waals surface area contributed by atoms with Crippen LogP contribution in [-0.4, -0.2) is 4.43 Å². The highest BCUT2D eigenvalue weighted by atomic mass is 127. The molecule has 0 fully saturated rings. The molecule has 3 aromatic carbocycles. The van der Waals surface area contributed by atoms with Gasteiger partial charge in [-0.3, -0.25) is 0 Å². The second-order valence-corrected chi connectivity index (χ2v) is 8.25. The lowest BCUT2D eigenvalue weighted by atomic mass is 9.54. The third-order valence-corrected chi connectivity index (χ3v) is 5.89. The number of alkyl halides is 1. The minimum absolute atomic E-state index is 0.0677. The monoisotopic (exact) mass is 440 g/mol. The second kappa shape index (κ2) is 7.74. The maximum Gasteiger partial charge on any atom is 0.0502 e. The van der Waals surface area contributed by atoms with Crippen LogP contribution in [0.3, 0.4) is 0 Å². The third-order valence-electron chi connectivity index (χ3n) is 5.36. The van der Waals surface area contributed by atoms with Crippen molar-refractivity contribution in [3.8, 4) is 0 Å². The van der Waals surface area contributed by atoms with Crippen LogP contribution in [0.2, 0.25) is 0 Å². The van der Waals surface area contributed by atoms with Crippen LogP contribution < -0.4 is 0 Å². The molecule has 25 heavy (non-hydrogen) atoms. The first-order valence-electron chi connectivity index (χ1n) is 8.85. The minimum atomic E-state index is -0.179. The van der Waals surface area contributed by atoms with Gasteiger partial charge in [0.1, 0.15) is 0 Å². The highest BCUT2D eigenvalue weighted by molar-refractivity contribution is 14.1. The van der Waals surface area contributed by atoms with Crippen LogP contribution in [-0.2, 0) is 5.41 Å². The zero-order valence-corrected chi connectivity index (χ0v) is 17.1. The summed E-state index contributed by atoms with van der Waals surface area (Å²) in [6, 6.07) is 33.0. The fourth-order valence-corrected chi connectivity index (χ4v) is 5.51. The number of hydrogen-bond acceptors (Lipinski definition) is 0. The van der Waals surface area contributed by atoms with Crippen LogP contribution in [0.1, 0.15) is 37.0 Å². The highest BCUT2D eigenvalue weighted by Gasteiger charge is 2.48. The largest absolute Gasteiger partial charge is 0.0864 e. The molecule has 0 nitrogen and oxygen atoms in total. The first-order chi connectivity index (χ1) is 12.1. The molecule has 0 unspecified atom stereocenters. The van der Waals surface area contributed by atoms with Crippen molar-refractivity contribution in [3.63, 3.8) is 0 Å². The van der Waals surface area contributed by atoms with Crippen LogP contribution in [0.5, 0.6) is 0 Å². The van der Waals surface area contributed by atoms with Gasteiger partial charge in [-0.2, -0.15) is 0 Å². The van der Waals surface area contributed by atoms with Crippen LogP contribution in [0.4, 0.5) is 0 Å². The Bertz CT molecular complexity index is 679. The Balaban J connectivity index is 2.40. The van der Waals surface area contributed by atoms with E-state index in [0.29, 0.717) is 0 Å². The molecule has 0 radical (unpaired) electrons. The van der Waals surface area contributed by atoms with Crippen LogP contribution in [0, 0.1) is 5.41 Å². The van der Waals surface area contributed by atoms with Gasteiger partial charge >= 0.3 is 0 Å².